The van der Waals surface area contributed by atoms with Gasteiger partial charge in [-0.1, -0.05) is 18.2 Å². The van der Waals surface area contributed by atoms with Gasteiger partial charge in [0.05, 0.1) is 17.3 Å². The van der Waals surface area contributed by atoms with Crippen LogP contribution in [-0.4, -0.2) is 29.2 Å². The Morgan fingerprint density at radius 3 is 2.86 bits per heavy atom. The molecule has 3 N–H and O–H groups in total. The molecule has 1 heterocycles. The number of rotatable bonds is 7. The number of hydrogen-bond donors (Lipinski definition) is 2. The van der Waals surface area contributed by atoms with Gasteiger partial charge in [-0.3, -0.25) is 4.79 Å². The lowest BCUT2D eigenvalue weighted by Gasteiger charge is -2.08. The van der Waals surface area contributed by atoms with Crippen LogP contribution in [0.3, 0.4) is 0 Å². The molecule has 0 unspecified atom stereocenters. The van der Waals surface area contributed by atoms with E-state index in [4.69, 9.17) is 10.5 Å². The van der Waals surface area contributed by atoms with Gasteiger partial charge in [0, 0.05) is 6.42 Å². The van der Waals surface area contributed by atoms with Gasteiger partial charge in [-0.15, -0.1) is 0 Å². The number of ether oxygens (including phenoxy) is 1. The van der Waals surface area contributed by atoms with E-state index in [1.54, 1.807) is 7.11 Å². The lowest BCUT2D eigenvalue weighted by atomic mass is 10.1. The topological polar surface area (TPSA) is 116 Å². The zero-order chi connectivity index (χ0) is 20.8. The minimum Gasteiger partial charge on any atom is -0.496 e. The van der Waals surface area contributed by atoms with E-state index in [1.807, 2.05) is 24.3 Å². The predicted octanol–water partition coefficient (Wildman–Crippen LogP) is 3.59. The Hall–Kier alpha value is -3.27. The second-order valence-corrected chi connectivity index (χ2v) is 6.77. The molecule has 1 amide bonds. The van der Waals surface area contributed by atoms with Crippen LogP contribution in [0.5, 0.6) is 5.75 Å². The number of carbonyl (C=O) groups excluding carboxylic acids is 1. The molecule has 0 atom stereocenters. The largest absolute Gasteiger partial charge is 0.496 e. The number of anilines is 1. The molecule has 3 rings (SSSR count). The first-order valence-corrected chi connectivity index (χ1v) is 9.31. The normalized spacial score (nSPS) is 11.3. The predicted molar refractivity (Wildman–Crippen MR) is 109 cm³/mol. The highest BCUT2D eigenvalue weighted by Gasteiger charge is 2.17. The molecule has 0 saturated heterocycles. The van der Waals surface area contributed by atoms with Gasteiger partial charge in [-0.05, 0) is 62.5 Å². The summed E-state index contributed by atoms with van der Waals surface area (Å²) < 4.78 is 23.5. The average molecular weight is 462 g/mol. The van der Waals surface area contributed by atoms with Crippen molar-refractivity contribution in [3.05, 3.63) is 64.0 Å². The van der Waals surface area contributed by atoms with Gasteiger partial charge >= 0.3 is 0 Å². The molecule has 0 saturated carbocycles. The molecule has 3 aromatic rings. The Balaban J connectivity index is 1.68. The Morgan fingerprint density at radius 1 is 1.31 bits per heavy atom. The zero-order valence-corrected chi connectivity index (χ0v) is 16.9. The first-order chi connectivity index (χ1) is 14.0. The number of para-hydroxylation sites is 1. The molecule has 0 spiro atoms. The summed E-state index contributed by atoms with van der Waals surface area (Å²) in [6.07, 6.45) is 0.665. The number of nitrogens with zero attached hydrogens (tertiary/aromatic N) is 3. The summed E-state index contributed by atoms with van der Waals surface area (Å²) in [5.74, 6) is 0.00646. The van der Waals surface area contributed by atoms with Gasteiger partial charge in [-0.2, -0.15) is 0 Å². The number of methoxy groups -OCH3 is 1. The molecular weight excluding hydrogens is 445 g/mol. The Kier molecular flexibility index (Phi) is 6.55. The fraction of sp³-hybridized carbons (Fsp3) is 0.158. The summed E-state index contributed by atoms with van der Waals surface area (Å²) >= 11 is 3.08. The van der Waals surface area contributed by atoms with E-state index in [1.165, 1.54) is 18.2 Å². The van der Waals surface area contributed by atoms with Crippen LogP contribution in [0.15, 0.2) is 56.6 Å². The number of aromatic nitrogens is 2. The first kappa shape index (κ1) is 20.5. The maximum atomic E-state index is 13.3. The van der Waals surface area contributed by atoms with Crippen molar-refractivity contribution in [1.29, 1.82) is 0 Å². The van der Waals surface area contributed by atoms with E-state index >= 15 is 0 Å². The third kappa shape index (κ3) is 5.17. The van der Waals surface area contributed by atoms with Crippen molar-refractivity contribution in [3.8, 4) is 5.75 Å². The van der Waals surface area contributed by atoms with Gasteiger partial charge in [0.15, 0.2) is 11.5 Å². The minimum atomic E-state index is -0.423. The second kappa shape index (κ2) is 9.28. The Bertz CT molecular complexity index is 1050. The number of amidine groups is 1. The Morgan fingerprint density at radius 2 is 2.10 bits per heavy atom. The molecule has 0 radical (unpaired) electrons. The van der Waals surface area contributed by atoms with Crippen molar-refractivity contribution in [2.75, 3.05) is 12.4 Å². The van der Waals surface area contributed by atoms with Crippen LogP contribution in [0.2, 0.25) is 0 Å². The summed E-state index contributed by atoms with van der Waals surface area (Å²) in [6.45, 7) is 0. The van der Waals surface area contributed by atoms with Crippen LogP contribution in [-0.2, 0) is 11.2 Å². The van der Waals surface area contributed by atoms with Crippen molar-refractivity contribution in [2.45, 2.75) is 12.8 Å². The van der Waals surface area contributed by atoms with Gasteiger partial charge < -0.3 is 15.8 Å². The monoisotopic (exact) mass is 461 g/mol. The lowest BCUT2D eigenvalue weighted by molar-refractivity contribution is -0.116. The maximum absolute atomic E-state index is 13.3. The number of halogens is 2. The summed E-state index contributed by atoms with van der Waals surface area (Å²) in [4.78, 5) is 16.5. The summed E-state index contributed by atoms with van der Waals surface area (Å²) in [5, 5.41) is 9.96. The number of benzene rings is 2. The van der Waals surface area contributed by atoms with Gasteiger partial charge in [0.2, 0.25) is 11.7 Å². The lowest BCUT2D eigenvalue weighted by Crippen LogP contribution is -2.19. The molecule has 0 aliphatic rings. The zero-order valence-electron chi connectivity index (χ0n) is 15.4. The fourth-order valence-corrected chi connectivity index (χ4v) is 2.90. The number of nitrogens with one attached hydrogen (secondary N) is 1. The van der Waals surface area contributed by atoms with Crippen LogP contribution >= 0.6 is 15.9 Å². The Labute approximate surface area is 174 Å². The molecule has 29 heavy (non-hydrogen) atoms. The number of aliphatic imine (C=N–C) groups is 1. The fourth-order valence-electron chi connectivity index (χ4n) is 2.54. The summed E-state index contributed by atoms with van der Waals surface area (Å²) in [5.41, 5.74) is 7.33. The van der Waals surface area contributed by atoms with Gasteiger partial charge in [-0.25, -0.2) is 14.0 Å². The maximum Gasteiger partial charge on any atom is 0.226 e. The summed E-state index contributed by atoms with van der Waals surface area (Å²) in [7, 11) is 1.58. The van der Waals surface area contributed by atoms with E-state index < -0.39 is 5.82 Å². The van der Waals surface area contributed by atoms with Crippen LogP contribution in [0.1, 0.15) is 17.7 Å². The highest BCUT2D eigenvalue weighted by atomic mass is 79.9. The molecule has 1 aromatic heterocycles. The third-order valence-corrected chi connectivity index (χ3v) is 4.56. The number of hydrogen-bond acceptors (Lipinski definition) is 6. The van der Waals surface area contributed by atoms with E-state index in [-0.39, 0.29) is 34.1 Å². The molecule has 0 aliphatic carbocycles. The van der Waals surface area contributed by atoms with Crippen LogP contribution in [0.25, 0.3) is 0 Å². The van der Waals surface area contributed by atoms with E-state index in [0.29, 0.717) is 17.9 Å². The van der Waals surface area contributed by atoms with E-state index in [9.17, 15) is 9.18 Å². The van der Waals surface area contributed by atoms with Crippen LogP contribution in [0.4, 0.5) is 15.9 Å². The molecule has 150 valence electrons. The van der Waals surface area contributed by atoms with E-state index in [0.717, 1.165) is 5.56 Å². The molecule has 0 fully saturated rings. The standard InChI is InChI=1S/C19H17BrFN5O3/c1-28-15-5-3-2-4-11(15)6-9-16(27)24-19-17(25-29-26-19)18(22)23-12-7-8-14(21)13(20)10-12/h2-5,7-8,10H,6,9H2,1H3,(H2,22,23)(H,24,26,27). The van der Waals surface area contributed by atoms with Gasteiger partial charge in [0.1, 0.15) is 11.6 Å². The number of aryl methyl sites for hydroxylation is 1. The van der Waals surface area contributed by atoms with Gasteiger partial charge in [0.25, 0.3) is 0 Å². The summed E-state index contributed by atoms with van der Waals surface area (Å²) in [6, 6.07) is 11.6. The second-order valence-electron chi connectivity index (χ2n) is 5.92. The first-order valence-electron chi connectivity index (χ1n) is 8.52. The quantitative estimate of drug-likeness (QED) is 0.410. The van der Waals surface area contributed by atoms with Crippen molar-refractivity contribution >= 4 is 39.2 Å². The highest BCUT2D eigenvalue weighted by molar-refractivity contribution is 9.10. The number of nitrogens with two attached hydrogens (primary N) is 1. The minimum absolute atomic E-state index is 0.0372. The molecule has 10 heteroatoms. The SMILES string of the molecule is COc1ccccc1CCC(=O)Nc1nonc1C(N)=Nc1ccc(F)c(Br)c1. The average Bonchev–Trinajstić information content (AvgIpc) is 3.17. The number of amides is 1. The molecule has 8 nitrogen and oxygen atoms in total. The highest BCUT2D eigenvalue weighted by Crippen LogP contribution is 2.23. The van der Waals surface area contributed by atoms with Crippen molar-refractivity contribution in [2.24, 2.45) is 10.7 Å². The number of carbonyl (C=O) groups is 1. The smallest absolute Gasteiger partial charge is 0.226 e. The van der Waals surface area contributed by atoms with Crippen LogP contribution in [0, 0.1) is 5.82 Å². The molecule has 0 bridgehead atoms. The molecular formula is C19H17BrFN5O3. The third-order valence-electron chi connectivity index (χ3n) is 3.96. The van der Waals surface area contributed by atoms with E-state index in [2.05, 4.69) is 41.2 Å². The molecule has 0 aliphatic heterocycles. The van der Waals surface area contributed by atoms with Crippen LogP contribution < -0.4 is 15.8 Å². The molecule has 2 aromatic carbocycles. The van der Waals surface area contributed by atoms with Crippen molar-refractivity contribution in [1.82, 2.24) is 10.3 Å². The van der Waals surface area contributed by atoms with Crippen molar-refractivity contribution in [3.63, 3.8) is 0 Å². The van der Waals surface area contributed by atoms with Crippen molar-refractivity contribution < 1.29 is 18.6 Å².